The van der Waals surface area contributed by atoms with E-state index < -0.39 is 0 Å². The van der Waals surface area contributed by atoms with E-state index in [2.05, 4.69) is 58.9 Å². The van der Waals surface area contributed by atoms with Crippen LogP contribution in [0.5, 0.6) is 0 Å². The maximum atomic E-state index is 3.63. The molecule has 0 amide bonds. The van der Waals surface area contributed by atoms with Crippen LogP contribution in [0.25, 0.3) is 0 Å². The maximum absolute atomic E-state index is 3.63. The van der Waals surface area contributed by atoms with E-state index in [4.69, 9.17) is 0 Å². The summed E-state index contributed by atoms with van der Waals surface area (Å²) >= 11 is 1.83. The van der Waals surface area contributed by atoms with Crippen molar-refractivity contribution < 1.29 is 0 Å². The number of nitrogens with zero attached hydrogens (tertiary/aromatic N) is 1. The van der Waals surface area contributed by atoms with Gasteiger partial charge in [0.2, 0.25) is 0 Å². The lowest BCUT2D eigenvalue weighted by molar-refractivity contribution is 0.251. The second-order valence-electron chi connectivity index (χ2n) is 5.49. The zero-order valence-electron chi connectivity index (χ0n) is 12.0. The van der Waals surface area contributed by atoms with Gasteiger partial charge >= 0.3 is 0 Å². The number of rotatable bonds is 5. The molecule has 2 nitrogen and oxygen atoms in total. The van der Waals surface area contributed by atoms with Gasteiger partial charge in [-0.3, -0.25) is 4.90 Å². The average Bonchev–Trinajstić information content (AvgIpc) is 3.01. The van der Waals surface area contributed by atoms with Crippen molar-refractivity contribution in [1.29, 1.82) is 0 Å². The van der Waals surface area contributed by atoms with E-state index in [1.807, 2.05) is 11.3 Å². The van der Waals surface area contributed by atoms with Gasteiger partial charge in [-0.25, -0.2) is 0 Å². The Balaban J connectivity index is 1.46. The minimum atomic E-state index is 0.465. The standard InChI is InChI=1S/C17H22N2S/c1-14(17-7-4-12-20-17)18-9-11-19-10-8-15-5-2-3-6-16(15)13-19/h2-7,12,14,18H,8-11,13H2,1H3. The Bertz CT molecular complexity index is 536. The molecule has 0 aliphatic carbocycles. The van der Waals surface area contributed by atoms with Gasteiger partial charge in [-0.05, 0) is 35.9 Å². The van der Waals surface area contributed by atoms with Crippen molar-refractivity contribution in [3.8, 4) is 0 Å². The summed E-state index contributed by atoms with van der Waals surface area (Å²) in [5.41, 5.74) is 3.04. The quantitative estimate of drug-likeness (QED) is 0.905. The van der Waals surface area contributed by atoms with Gasteiger partial charge in [-0.2, -0.15) is 0 Å². The van der Waals surface area contributed by atoms with Crippen molar-refractivity contribution in [3.63, 3.8) is 0 Å². The second kappa shape index (κ2) is 6.53. The molecule has 106 valence electrons. The van der Waals surface area contributed by atoms with Crippen molar-refractivity contribution in [2.24, 2.45) is 0 Å². The Hall–Kier alpha value is -1.16. The lowest BCUT2D eigenvalue weighted by atomic mass is 10.00. The number of hydrogen-bond acceptors (Lipinski definition) is 3. The predicted molar refractivity (Wildman–Crippen MR) is 86.2 cm³/mol. The molecule has 1 unspecified atom stereocenters. The molecule has 1 aliphatic rings. The molecule has 0 bridgehead atoms. The summed E-state index contributed by atoms with van der Waals surface area (Å²) in [6.45, 7) is 6.72. The fraction of sp³-hybridized carbons (Fsp3) is 0.412. The fourth-order valence-corrected chi connectivity index (χ4v) is 3.58. The van der Waals surface area contributed by atoms with Gasteiger partial charge < -0.3 is 5.32 Å². The lowest BCUT2D eigenvalue weighted by Crippen LogP contribution is -2.36. The van der Waals surface area contributed by atoms with Crippen LogP contribution in [-0.4, -0.2) is 24.5 Å². The highest BCUT2D eigenvalue weighted by Gasteiger charge is 2.15. The number of benzene rings is 1. The normalized spacial score (nSPS) is 16.9. The molecule has 1 aliphatic heterocycles. The number of fused-ring (bicyclic) bond motifs is 1. The van der Waals surface area contributed by atoms with Crippen LogP contribution < -0.4 is 5.32 Å². The third-order valence-corrected chi connectivity index (χ3v) is 5.11. The van der Waals surface area contributed by atoms with E-state index in [0.717, 1.165) is 19.6 Å². The zero-order valence-corrected chi connectivity index (χ0v) is 12.8. The zero-order chi connectivity index (χ0) is 13.8. The Labute approximate surface area is 125 Å². The van der Waals surface area contributed by atoms with Gasteiger partial charge in [0.05, 0.1) is 0 Å². The van der Waals surface area contributed by atoms with Crippen molar-refractivity contribution in [2.75, 3.05) is 19.6 Å². The molecule has 0 saturated heterocycles. The molecule has 1 N–H and O–H groups in total. The minimum Gasteiger partial charge on any atom is -0.308 e. The summed E-state index contributed by atoms with van der Waals surface area (Å²) in [5.74, 6) is 0. The summed E-state index contributed by atoms with van der Waals surface area (Å²) in [6, 6.07) is 13.6. The first kappa shape index (κ1) is 13.8. The molecule has 3 rings (SSSR count). The first-order valence-electron chi connectivity index (χ1n) is 7.39. The number of nitrogens with one attached hydrogen (secondary N) is 1. The van der Waals surface area contributed by atoms with E-state index in [-0.39, 0.29) is 0 Å². The minimum absolute atomic E-state index is 0.465. The van der Waals surface area contributed by atoms with Crippen LogP contribution in [-0.2, 0) is 13.0 Å². The third kappa shape index (κ3) is 3.29. The number of hydrogen-bond donors (Lipinski definition) is 1. The second-order valence-corrected chi connectivity index (χ2v) is 6.47. The molecule has 1 aromatic heterocycles. The van der Waals surface area contributed by atoms with Crippen LogP contribution in [0.1, 0.15) is 29.0 Å². The van der Waals surface area contributed by atoms with Gasteiger partial charge in [0.25, 0.3) is 0 Å². The Morgan fingerprint density at radius 1 is 1.20 bits per heavy atom. The van der Waals surface area contributed by atoms with Crippen molar-refractivity contribution in [2.45, 2.75) is 25.9 Å². The van der Waals surface area contributed by atoms with Gasteiger partial charge in [0.15, 0.2) is 0 Å². The summed E-state index contributed by atoms with van der Waals surface area (Å²) in [6.07, 6.45) is 1.19. The third-order valence-electron chi connectivity index (χ3n) is 4.06. The monoisotopic (exact) mass is 286 g/mol. The van der Waals surface area contributed by atoms with Crippen LogP contribution in [0.4, 0.5) is 0 Å². The molecular weight excluding hydrogens is 264 g/mol. The fourth-order valence-electron chi connectivity index (χ4n) is 2.82. The average molecular weight is 286 g/mol. The Kier molecular flexibility index (Phi) is 4.51. The number of thiophene rings is 1. The first-order valence-corrected chi connectivity index (χ1v) is 8.27. The van der Waals surface area contributed by atoms with E-state index >= 15 is 0 Å². The Morgan fingerprint density at radius 3 is 2.85 bits per heavy atom. The molecular formula is C17H22N2S. The predicted octanol–water partition coefficient (Wildman–Crippen LogP) is 3.46. The van der Waals surface area contributed by atoms with E-state index in [1.165, 1.54) is 29.0 Å². The van der Waals surface area contributed by atoms with Gasteiger partial charge in [-0.15, -0.1) is 11.3 Å². The van der Waals surface area contributed by atoms with Crippen LogP contribution >= 0.6 is 11.3 Å². The van der Waals surface area contributed by atoms with Crippen LogP contribution in [0, 0.1) is 0 Å². The molecule has 3 heteroatoms. The molecule has 1 aromatic carbocycles. The van der Waals surface area contributed by atoms with Crippen molar-refractivity contribution in [3.05, 3.63) is 57.8 Å². The molecule has 1 atom stereocenters. The largest absolute Gasteiger partial charge is 0.308 e. The topological polar surface area (TPSA) is 15.3 Å². The van der Waals surface area contributed by atoms with Crippen molar-refractivity contribution in [1.82, 2.24) is 10.2 Å². The summed E-state index contributed by atoms with van der Waals surface area (Å²) < 4.78 is 0. The lowest BCUT2D eigenvalue weighted by Gasteiger charge is -2.29. The Morgan fingerprint density at radius 2 is 2.05 bits per heavy atom. The first-order chi connectivity index (χ1) is 9.83. The molecule has 0 spiro atoms. The molecule has 2 heterocycles. The SMILES string of the molecule is CC(NCCN1CCc2ccccc2C1)c1cccs1. The van der Waals surface area contributed by atoms with E-state index in [0.29, 0.717) is 6.04 Å². The van der Waals surface area contributed by atoms with Crippen LogP contribution in [0.3, 0.4) is 0 Å². The van der Waals surface area contributed by atoms with Gasteiger partial charge in [0, 0.05) is 37.1 Å². The maximum Gasteiger partial charge on any atom is 0.0386 e. The highest BCUT2D eigenvalue weighted by Crippen LogP contribution is 2.19. The van der Waals surface area contributed by atoms with Gasteiger partial charge in [-0.1, -0.05) is 30.3 Å². The highest BCUT2D eigenvalue weighted by molar-refractivity contribution is 7.10. The molecule has 20 heavy (non-hydrogen) atoms. The molecule has 0 saturated carbocycles. The van der Waals surface area contributed by atoms with E-state index in [9.17, 15) is 0 Å². The molecule has 0 fully saturated rings. The summed E-state index contributed by atoms with van der Waals surface area (Å²) in [7, 11) is 0. The van der Waals surface area contributed by atoms with Gasteiger partial charge in [0.1, 0.15) is 0 Å². The van der Waals surface area contributed by atoms with E-state index in [1.54, 1.807) is 0 Å². The molecule has 2 aromatic rings. The summed E-state index contributed by atoms with van der Waals surface area (Å²) in [5, 5.41) is 5.77. The summed E-state index contributed by atoms with van der Waals surface area (Å²) in [4.78, 5) is 3.98. The van der Waals surface area contributed by atoms with Crippen LogP contribution in [0.2, 0.25) is 0 Å². The molecule has 0 radical (unpaired) electrons. The van der Waals surface area contributed by atoms with Crippen molar-refractivity contribution >= 4 is 11.3 Å². The smallest absolute Gasteiger partial charge is 0.0386 e. The van der Waals surface area contributed by atoms with Crippen LogP contribution in [0.15, 0.2) is 41.8 Å². The highest BCUT2D eigenvalue weighted by atomic mass is 32.1.